The third-order valence-corrected chi connectivity index (χ3v) is 4.20. The molecule has 110 valence electrons. The number of nitrogens with zero attached hydrogens (tertiary/aromatic N) is 1. The number of hydrogen-bond donors (Lipinski definition) is 1. The number of anilines is 1. The molecule has 1 heterocycles. The predicted octanol–water partition coefficient (Wildman–Crippen LogP) is 3.88. The molecule has 0 atom stereocenters. The Kier molecular flexibility index (Phi) is 5.39. The molecule has 0 aliphatic rings. The van der Waals surface area contributed by atoms with Gasteiger partial charge in [-0.05, 0) is 49.6 Å². The number of amides is 1. The lowest BCUT2D eigenvalue weighted by Crippen LogP contribution is -2.16. The van der Waals surface area contributed by atoms with E-state index >= 15 is 0 Å². The van der Waals surface area contributed by atoms with Crippen LogP contribution in [0.4, 0.5) is 5.69 Å². The van der Waals surface area contributed by atoms with Crippen molar-refractivity contribution in [2.24, 2.45) is 0 Å². The first kappa shape index (κ1) is 15.6. The van der Waals surface area contributed by atoms with Gasteiger partial charge in [-0.15, -0.1) is 11.8 Å². The molecule has 0 aliphatic heterocycles. The molecule has 0 saturated carbocycles. The number of thioether (sulfide) groups is 1. The number of hydrogen-bond acceptors (Lipinski definition) is 3. The number of rotatable bonds is 5. The van der Waals surface area contributed by atoms with E-state index in [4.69, 9.17) is 0 Å². The standard InChI is InChI=1S/C17H20N2OS/c1-12-8-13(2)17(14(3)9-12)19-16(20)11-21-10-15-4-6-18-7-5-15/h4-9H,10-11H2,1-3H3,(H,19,20). The molecule has 0 unspecified atom stereocenters. The van der Waals surface area contributed by atoms with Gasteiger partial charge in [-0.2, -0.15) is 0 Å². The summed E-state index contributed by atoms with van der Waals surface area (Å²) in [5.74, 6) is 1.32. The molecule has 0 bridgehead atoms. The van der Waals surface area contributed by atoms with E-state index in [1.165, 1.54) is 11.1 Å². The summed E-state index contributed by atoms with van der Waals surface area (Å²) >= 11 is 1.61. The predicted molar refractivity (Wildman–Crippen MR) is 89.7 cm³/mol. The normalized spacial score (nSPS) is 10.4. The zero-order chi connectivity index (χ0) is 15.2. The lowest BCUT2D eigenvalue weighted by atomic mass is 10.1. The van der Waals surface area contributed by atoms with Crippen molar-refractivity contribution in [1.82, 2.24) is 4.98 Å². The van der Waals surface area contributed by atoms with Crippen molar-refractivity contribution in [2.75, 3.05) is 11.1 Å². The van der Waals surface area contributed by atoms with Crippen LogP contribution < -0.4 is 5.32 Å². The summed E-state index contributed by atoms with van der Waals surface area (Å²) in [6.07, 6.45) is 3.55. The molecular weight excluding hydrogens is 280 g/mol. The quantitative estimate of drug-likeness (QED) is 0.911. The average Bonchev–Trinajstić information content (AvgIpc) is 2.44. The van der Waals surface area contributed by atoms with Gasteiger partial charge >= 0.3 is 0 Å². The lowest BCUT2D eigenvalue weighted by Gasteiger charge is -2.12. The van der Waals surface area contributed by atoms with Gasteiger partial charge in [-0.25, -0.2) is 0 Å². The maximum absolute atomic E-state index is 12.0. The number of aromatic nitrogens is 1. The van der Waals surface area contributed by atoms with Crippen LogP contribution in [0.15, 0.2) is 36.7 Å². The Labute approximate surface area is 130 Å². The lowest BCUT2D eigenvalue weighted by molar-refractivity contribution is -0.113. The second-order valence-electron chi connectivity index (χ2n) is 5.17. The third kappa shape index (κ3) is 4.60. The highest BCUT2D eigenvalue weighted by Crippen LogP contribution is 2.22. The molecule has 0 radical (unpaired) electrons. The Balaban J connectivity index is 1.88. The summed E-state index contributed by atoms with van der Waals surface area (Å²) in [5.41, 5.74) is 5.57. The Hall–Kier alpha value is -1.81. The molecule has 0 fully saturated rings. The first-order valence-corrected chi connectivity index (χ1v) is 8.06. The molecule has 21 heavy (non-hydrogen) atoms. The van der Waals surface area contributed by atoms with Gasteiger partial charge in [0.2, 0.25) is 5.91 Å². The van der Waals surface area contributed by atoms with E-state index in [1.807, 2.05) is 26.0 Å². The number of carbonyl (C=O) groups excluding carboxylic acids is 1. The molecule has 3 nitrogen and oxygen atoms in total. The highest BCUT2D eigenvalue weighted by molar-refractivity contribution is 7.99. The first-order chi connectivity index (χ1) is 10.1. The maximum atomic E-state index is 12.0. The summed E-state index contributed by atoms with van der Waals surface area (Å²) < 4.78 is 0. The topological polar surface area (TPSA) is 42.0 Å². The zero-order valence-corrected chi connectivity index (χ0v) is 13.5. The van der Waals surface area contributed by atoms with Crippen LogP contribution in [0.2, 0.25) is 0 Å². The third-order valence-electron chi connectivity index (χ3n) is 3.19. The Bertz CT molecular complexity index is 603. The number of nitrogens with one attached hydrogen (secondary N) is 1. The Morgan fingerprint density at radius 1 is 1.14 bits per heavy atom. The van der Waals surface area contributed by atoms with E-state index < -0.39 is 0 Å². The monoisotopic (exact) mass is 300 g/mol. The van der Waals surface area contributed by atoms with Crippen LogP contribution in [0.25, 0.3) is 0 Å². The van der Waals surface area contributed by atoms with Crippen molar-refractivity contribution in [2.45, 2.75) is 26.5 Å². The molecule has 1 N–H and O–H groups in total. The van der Waals surface area contributed by atoms with Crippen molar-refractivity contribution in [3.8, 4) is 0 Å². The van der Waals surface area contributed by atoms with Gasteiger partial charge in [-0.3, -0.25) is 9.78 Å². The summed E-state index contributed by atoms with van der Waals surface area (Å²) in [6.45, 7) is 6.12. The van der Waals surface area contributed by atoms with Gasteiger partial charge in [0.25, 0.3) is 0 Å². The van der Waals surface area contributed by atoms with Crippen molar-refractivity contribution >= 4 is 23.4 Å². The fourth-order valence-corrected chi connectivity index (χ4v) is 3.08. The maximum Gasteiger partial charge on any atom is 0.234 e. The van der Waals surface area contributed by atoms with E-state index in [2.05, 4.69) is 29.4 Å². The van der Waals surface area contributed by atoms with Gasteiger partial charge < -0.3 is 5.32 Å². The number of aryl methyl sites for hydroxylation is 3. The second kappa shape index (κ2) is 7.27. The molecule has 2 aromatic rings. The van der Waals surface area contributed by atoms with Crippen LogP contribution in [0.5, 0.6) is 0 Å². The highest BCUT2D eigenvalue weighted by atomic mass is 32.2. The van der Waals surface area contributed by atoms with Gasteiger partial charge in [0.1, 0.15) is 0 Å². The summed E-state index contributed by atoms with van der Waals surface area (Å²) in [4.78, 5) is 16.0. The smallest absolute Gasteiger partial charge is 0.234 e. The molecule has 1 amide bonds. The van der Waals surface area contributed by atoms with Crippen molar-refractivity contribution < 1.29 is 4.79 Å². The van der Waals surface area contributed by atoms with Crippen LogP contribution in [0.3, 0.4) is 0 Å². The van der Waals surface area contributed by atoms with Crippen molar-refractivity contribution in [3.05, 3.63) is 58.9 Å². The van der Waals surface area contributed by atoms with E-state index in [-0.39, 0.29) is 5.91 Å². The van der Waals surface area contributed by atoms with Crippen LogP contribution in [0, 0.1) is 20.8 Å². The van der Waals surface area contributed by atoms with Crippen LogP contribution in [-0.4, -0.2) is 16.6 Å². The van der Waals surface area contributed by atoms with Crippen LogP contribution in [0.1, 0.15) is 22.3 Å². The van der Waals surface area contributed by atoms with E-state index in [0.717, 1.165) is 22.6 Å². The number of pyridine rings is 1. The molecule has 0 spiro atoms. The summed E-state index contributed by atoms with van der Waals surface area (Å²) in [7, 11) is 0. The molecule has 4 heteroatoms. The largest absolute Gasteiger partial charge is 0.325 e. The second-order valence-corrected chi connectivity index (χ2v) is 6.16. The first-order valence-electron chi connectivity index (χ1n) is 6.90. The van der Waals surface area contributed by atoms with E-state index in [0.29, 0.717) is 5.75 Å². The highest BCUT2D eigenvalue weighted by Gasteiger charge is 2.08. The fraction of sp³-hybridized carbons (Fsp3) is 0.294. The van der Waals surface area contributed by atoms with Crippen LogP contribution >= 0.6 is 11.8 Å². The van der Waals surface area contributed by atoms with E-state index in [1.54, 1.807) is 24.2 Å². The molecule has 2 rings (SSSR count). The zero-order valence-electron chi connectivity index (χ0n) is 12.6. The molecule has 1 aromatic carbocycles. The molecule has 1 aromatic heterocycles. The van der Waals surface area contributed by atoms with Crippen molar-refractivity contribution in [3.63, 3.8) is 0 Å². The van der Waals surface area contributed by atoms with E-state index in [9.17, 15) is 4.79 Å². The Morgan fingerprint density at radius 2 is 1.76 bits per heavy atom. The molecule has 0 aliphatic carbocycles. The average molecular weight is 300 g/mol. The van der Waals surface area contributed by atoms with Gasteiger partial charge in [-0.1, -0.05) is 17.7 Å². The van der Waals surface area contributed by atoms with Crippen LogP contribution in [-0.2, 0) is 10.5 Å². The summed E-state index contributed by atoms with van der Waals surface area (Å²) in [5, 5.41) is 3.02. The number of carbonyl (C=O) groups is 1. The minimum Gasteiger partial charge on any atom is -0.325 e. The van der Waals surface area contributed by atoms with Gasteiger partial charge in [0.15, 0.2) is 0 Å². The SMILES string of the molecule is Cc1cc(C)c(NC(=O)CSCc2ccncc2)c(C)c1. The van der Waals surface area contributed by atoms with Gasteiger partial charge in [0.05, 0.1) is 5.75 Å². The molecular formula is C17H20N2OS. The van der Waals surface area contributed by atoms with Gasteiger partial charge in [0, 0.05) is 23.8 Å². The minimum absolute atomic E-state index is 0.0455. The fourth-order valence-electron chi connectivity index (χ4n) is 2.29. The van der Waals surface area contributed by atoms with Crippen molar-refractivity contribution in [1.29, 1.82) is 0 Å². The summed E-state index contributed by atoms with van der Waals surface area (Å²) in [6, 6.07) is 8.12. The number of benzene rings is 1. The molecule has 0 saturated heterocycles. The minimum atomic E-state index is 0.0455. The Morgan fingerprint density at radius 3 is 2.38 bits per heavy atom.